The fourth-order valence-corrected chi connectivity index (χ4v) is 4.71. The molecule has 144 valence electrons. The fourth-order valence-electron chi connectivity index (χ4n) is 4.71. The first-order valence-corrected chi connectivity index (χ1v) is 10.3. The Kier molecular flexibility index (Phi) is 4.44. The summed E-state index contributed by atoms with van der Waals surface area (Å²) in [6, 6.07) is 15.2. The number of rotatable bonds is 3. The highest BCUT2D eigenvalue weighted by molar-refractivity contribution is 5.97. The Bertz CT molecular complexity index is 1010. The average Bonchev–Trinajstić information content (AvgIpc) is 3.17. The van der Waals surface area contributed by atoms with Crippen LogP contribution in [-0.4, -0.2) is 31.2 Å². The molecule has 0 radical (unpaired) electrons. The van der Waals surface area contributed by atoms with Crippen molar-refractivity contribution < 1.29 is 4.74 Å². The monoisotopic (exact) mass is 373 g/mol. The highest BCUT2D eigenvalue weighted by Crippen LogP contribution is 2.39. The van der Waals surface area contributed by atoms with Crippen molar-refractivity contribution in [3.05, 3.63) is 53.7 Å². The van der Waals surface area contributed by atoms with E-state index in [1.807, 2.05) is 12.1 Å². The fraction of sp³-hybridized carbons (Fsp3) is 0.375. The molecular formula is C24H27N3O. The number of nitrogens with zero attached hydrogens (tertiary/aromatic N) is 2. The van der Waals surface area contributed by atoms with Gasteiger partial charge in [-0.25, -0.2) is 0 Å². The Morgan fingerprint density at radius 1 is 1.04 bits per heavy atom. The second kappa shape index (κ2) is 7.10. The summed E-state index contributed by atoms with van der Waals surface area (Å²) in [4.78, 5) is 7.56. The molecule has 1 unspecified atom stereocenters. The van der Waals surface area contributed by atoms with Gasteiger partial charge in [0, 0.05) is 30.2 Å². The molecular weight excluding hydrogens is 346 g/mol. The molecule has 2 aromatic carbocycles. The Hall–Kier alpha value is -2.59. The number of fused-ring (bicyclic) bond motifs is 2. The summed E-state index contributed by atoms with van der Waals surface area (Å²) in [5.74, 6) is 0.881. The van der Waals surface area contributed by atoms with Gasteiger partial charge in [0.15, 0.2) is 0 Å². The topological polar surface area (TPSA) is 51.4 Å². The lowest BCUT2D eigenvalue weighted by Crippen LogP contribution is -2.28. The van der Waals surface area contributed by atoms with Crippen molar-refractivity contribution >= 4 is 16.6 Å². The largest absolute Gasteiger partial charge is 0.497 e. The molecule has 1 fully saturated rings. The van der Waals surface area contributed by atoms with Crippen LogP contribution >= 0.6 is 0 Å². The van der Waals surface area contributed by atoms with E-state index in [9.17, 15) is 0 Å². The van der Waals surface area contributed by atoms with E-state index in [-0.39, 0.29) is 6.04 Å². The number of benzene rings is 2. The molecule has 0 saturated carbocycles. The van der Waals surface area contributed by atoms with Crippen LogP contribution in [0.1, 0.15) is 30.5 Å². The minimum absolute atomic E-state index is 0.271. The van der Waals surface area contributed by atoms with Gasteiger partial charge in [0.2, 0.25) is 0 Å². The summed E-state index contributed by atoms with van der Waals surface area (Å²) in [6.07, 6.45) is 5.79. The summed E-state index contributed by atoms with van der Waals surface area (Å²) in [6.45, 7) is 1.98. The molecule has 2 N–H and O–H groups in total. The van der Waals surface area contributed by atoms with Gasteiger partial charge in [-0.05, 0) is 73.1 Å². The van der Waals surface area contributed by atoms with E-state index >= 15 is 0 Å². The summed E-state index contributed by atoms with van der Waals surface area (Å²) in [7, 11) is 1.70. The zero-order chi connectivity index (χ0) is 19.1. The molecule has 3 aromatic rings. The molecule has 4 heteroatoms. The number of hydrogen-bond donors (Lipinski definition) is 1. The summed E-state index contributed by atoms with van der Waals surface area (Å²) >= 11 is 0. The van der Waals surface area contributed by atoms with Crippen LogP contribution in [0.15, 0.2) is 42.5 Å². The van der Waals surface area contributed by atoms with Gasteiger partial charge in [0.25, 0.3) is 0 Å². The minimum Gasteiger partial charge on any atom is -0.497 e. The number of ether oxygens (including phenoxy) is 1. The van der Waals surface area contributed by atoms with Gasteiger partial charge in [0.1, 0.15) is 5.75 Å². The Labute approximate surface area is 166 Å². The number of nitrogens with two attached hydrogens (primary N) is 1. The van der Waals surface area contributed by atoms with Crippen LogP contribution in [0.4, 0.5) is 5.69 Å². The van der Waals surface area contributed by atoms with Crippen molar-refractivity contribution in [2.45, 2.75) is 38.1 Å². The zero-order valence-electron chi connectivity index (χ0n) is 16.4. The van der Waals surface area contributed by atoms with E-state index < -0.39 is 0 Å². The van der Waals surface area contributed by atoms with Gasteiger partial charge in [0.05, 0.1) is 18.3 Å². The van der Waals surface area contributed by atoms with E-state index in [1.54, 1.807) is 7.11 Å². The molecule has 0 bridgehead atoms. The van der Waals surface area contributed by atoms with Gasteiger partial charge in [-0.3, -0.25) is 4.98 Å². The highest BCUT2D eigenvalue weighted by atomic mass is 16.5. The quantitative estimate of drug-likeness (QED) is 0.743. The number of hydrogen-bond acceptors (Lipinski definition) is 4. The van der Waals surface area contributed by atoms with Gasteiger partial charge in [-0.2, -0.15) is 0 Å². The molecule has 1 saturated heterocycles. The first-order valence-electron chi connectivity index (χ1n) is 10.3. The Balaban J connectivity index is 1.68. The van der Waals surface area contributed by atoms with Crippen molar-refractivity contribution in [2.24, 2.45) is 5.73 Å². The second-order valence-corrected chi connectivity index (χ2v) is 8.05. The number of anilines is 1. The molecule has 1 aliphatic carbocycles. The molecule has 28 heavy (non-hydrogen) atoms. The van der Waals surface area contributed by atoms with Crippen molar-refractivity contribution in [3.8, 4) is 16.9 Å². The van der Waals surface area contributed by atoms with Crippen LogP contribution in [0.25, 0.3) is 22.0 Å². The first-order chi connectivity index (χ1) is 13.7. The van der Waals surface area contributed by atoms with E-state index in [0.29, 0.717) is 0 Å². The average molecular weight is 374 g/mol. The van der Waals surface area contributed by atoms with Crippen molar-refractivity contribution in [3.63, 3.8) is 0 Å². The highest BCUT2D eigenvalue weighted by Gasteiger charge is 2.26. The van der Waals surface area contributed by atoms with Crippen LogP contribution in [0.2, 0.25) is 0 Å². The SMILES string of the molecule is COc1ccc(-c2ccc3nc4c(c(N5CCC(N)C5)c3c2)CCCC4)cc1. The molecule has 1 aliphatic heterocycles. The molecule has 2 heterocycles. The van der Waals surface area contributed by atoms with E-state index in [4.69, 9.17) is 15.5 Å². The van der Waals surface area contributed by atoms with Gasteiger partial charge >= 0.3 is 0 Å². The van der Waals surface area contributed by atoms with Crippen molar-refractivity contribution in [1.29, 1.82) is 0 Å². The van der Waals surface area contributed by atoms with Crippen LogP contribution in [-0.2, 0) is 12.8 Å². The van der Waals surface area contributed by atoms with E-state index in [0.717, 1.165) is 43.6 Å². The third kappa shape index (κ3) is 3.02. The summed E-state index contributed by atoms with van der Waals surface area (Å²) < 4.78 is 5.31. The Morgan fingerprint density at radius 3 is 2.57 bits per heavy atom. The number of aromatic nitrogens is 1. The molecule has 0 amide bonds. The number of aryl methyl sites for hydroxylation is 1. The van der Waals surface area contributed by atoms with Crippen LogP contribution in [0.5, 0.6) is 5.75 Å². The minimum atomic E-state index is 0.271. The lowest BCUT2D eigenvalue weighted by Gasteiger charge is -2.28. The summed E-state index contributed by atoms with van der Waals surface area (Å²) in [5, 5.41) is 1.27. The maximum atomic E-state index is 6.26. The molecule has 4 nitrogen and oxygen atoms in total. The number of methoxy groups -OCH3 is 1. The molecule has 2 aliphatic rings. The van der Waals surface area contributed by atoms with Gasteiger partial charge in [-0.15, -0.1) is 0 Å². The van der Waals surface area contributed by atoms with E-state index in [2.05, 4.69) is 35.2 Å². The van der Waals surface area contributed by atoms with Gasteiger partial charge < -0.3 is 15.4 Å². The predicted molar refractivity (Wildman–Crippen MR) is 115 cm³/mol. The second-order valence-electron chi connectivity index (χ2n) is 8.05. The van der Waals surface area contributed by atoms with Gasteiger partial charge in [-0.1, -0.05) is 18.2 Å². The standard InChI is InChI=1S/C24H27N3O/c1-28-19-9-6-16(7-10-19)17-8-11-23-21(14-17)24(27-13-12-18(25)15-27)20-4-2-3-5-22(20)26-23/h6-11,14,18H,2-5,12-13,15,25H2,1H3. The van der Waals surface area contributed by atoms with Crippen LogP contribution < -0.4 is 15.4 Å². The first kappa shape index (κ1) is 17.5. The molecule has 1 atom stereocenters. The maximum absolute atomic E-state index is 6.26. The normalized spacial score (nSPS) is 19.1. The Morgan fingerprint density at radius 2 is 1.82 bits per heavy atom. The number of pyridine rings is 1. The lowest BCUT2D eigenvalue weighted by atomic mass is 9.91. The molecule has 1 aromatic heterocycles. The van der Waals surface area contributed by atoms with Crippen LogP contribution in [0.3, 0.4) is 0 Å². The van der Waals surface area contributed by atoms with Crippen LogP contribution in [0, 0.1) is 0 Å². The summed E-state index contributed by atoms with van der Waals surface area (Å²) in [5.41, 5.74) is 13.9. The molecule has 0 spiro atoms. The molecule has 5 rings (SSSR count). The van der Waals surface area contributed by atoms with E-state index in [1.165, 1.54) is 46.3 Å². The maximum Gasteiger partial charge on any atom is 0.118 e. The third-order valence-corrected chi connectivity index (χ3v) is 6.20. The smallest absolute Gasteiger partial charge is 0.118 e. The zero-order valence-corrected chi connectivity index (χ0v) is 16.4. The van der Waals surface area contributed by atoms with Crippen molar-refractivity contribution in [2.75, 3.05) is 25.1 Å². The lowest BCUT2D eigenvalue weighted by molar-refractivity contribution is 0.415. The predicted octanol–water partition coefficient (Wildman–Crippen LogP) is 4.33. The van der Waals surface area contributed by atoms with Crippen molar-refractivity contribution in [1.82, 2.24) is 4.98 Å². The third-order valence-electron chi connectivity index (χ3n) is 6.20.